The number of nitrogens with zero attached hydrogens (tertiary/aromatic N) is 2. The Morgan fingerprint density at radius 2 is 1.96 bits per heavy atom. The maximum absolute atomic E-state index is 12.1. The van der Waals surface area contributed by atoms with Gasteiger partial charge >= 0.3 is 12.0 Å². The Bertz CT molecular complexity index is 894. The average Bonchev–Trinajstić information content (AvgIpc) is 3.14. The maximum Gasteiger partial charge on any atom is 0.338 e. The third-order valence-corrected chi connectivity index (χ3v) is 4.36. The summed E-state index contributed by atoms with van der Waals surface area (Å²) >= 11 is 1.45. The van der Waals surface area contributed by atoms with E-state index in [4.69, 9.17) is 10.5 Å². The Morgan fingerprint density at radius 1 is 1.15 bits per heavy atom. The summed E-state index contributed by atoms with van der Waals surface area (Å²) in [6, 6.07) is 11.8. The lowest BCUT2D eigenvalue weighted by molar-refractivity contribution is 0.0468. The molecule has 0 fully saturated rings. The van der Waals surface area contributed by atoms with Gasteiger partial charge in [0.25, 0.3) is 0 Å². The first kappa shape index (κ1) is 17.6. The van der Waals surface area contributed by atoms with Crippen LogP contribution >= 0.6 is 11.3 Å². The fourth-order valence-corrected chi connectivity index (χ4v) is 2.93. The fourth-order valence-electron chi connectivity index (χ4n) is 2.15. The number of nitrogens with one attached hydrogen (secondary N) is 1. The highest BCUT2D eigenvalue weighted by molar-refractivity contribution is 7.13. The monoisotopic (exact) mass is 368 g/mol. The number of aromatic nitrogens is 2. The molecule has 0 aliphatic carbocycles. The second-order valence-electron chi connectivity index (χ2n) is 5.35. The summed E-state index contributed by atoms with van der Waals surface area (Å²) in [7, 11) is 0. The van der Waals surface area contributed by atoms with Crippen molar-refractivity contribution in [3.63, 3.8) is 0 Å². The molecule has 0 radical (unpaired) electrons. The highest BCUT2D eigenvalue weighted by Crippen LogP contribution is 2.21. The normalized spacial score (nSPS) is 10.3. The number of rotatable bonds is 6. The summed E-state index contributed by atoms with van der Waals surface area (Å²) in [6.07, 6.45) is 1.71. The van der Waals surface area contributed by atoms with Gasteiger partial charge in [0.1, 0.15) is 11.6 Å². The molecule has 132 valence electrons. The third kappa shape index (κ3) is 4.64. The zero-order valence-electron chi connectivity index (χ0n) is 13.7. The van der Waals surface area contributed by atoms with Crippen molar-refractivity contribution in [1.82, 2.24) is 15.3 Å². The van der Waals surface area contributed by atoms with Crippen LogP contribution in [-0.4, -0.2) is 22.0 Å². The van der Waals surface area contributed by atoms with Gasteiger partial charge in [0.05, 0.1) is 17.0 Å². The largest absolute Gasteiger partial charge is 0.456 e. The highest BCUT2D eigenvalue weighted by atomic mass is 32.1. The number of carbonyl (C=O) groups is 2. The minimum Gasteiger partial charge on any atom is -0.456 e. The van der Waals surface area contributed by atoms with E-state index in [0.717, 1.165) is 16.3 Å². The number of esters is 1. The van der Waals surface area contributed by atoms with Gasteiger partial charge in [-0.25, -0.2) is 14.6 Å². The molecule has 0 spiro atoms. The predicted octanol–water partition coefficient (Wildman–Crippen LogP) is 2.73. The number of amides is 2. The number of hydrogen-bond donors (Lipinski definition) is 2. The van der Waals surface area contributed by atoms with Crippen LogP contribution in [0.4, 0.5) is 4.79 Å². The Morgan fingerprint density at radius 3 is 2.65 bits per heavy atom. The number of thiazole rings is 1. The first-order valence-electron chi connectivity index (χ1n) is 7.77. The van der Waals surface area contributed by atoms with E-state index in [1.165, 1.54) is 11.3 Å². The molecule has 0 unspecified atom stereocenters. The molecule has 2 heterocycles. The lowest BCUT2D eigenvalue weighted by atomic mass is 10.1. The molecule has 3 aromatic rings. The van der Waals surface area contributed by atoms with Crippen molar-refractivity contribution in [2.75, 3.05) is 0 Å². The molecule has 0 aliphatic heterocycles. The van der Waals surface area contributed by atoms with Crippen LogP contribution in [0.3, 0.4) is 0 Å². The van der Waals surface area contributed by atoms with Crippen LogP contribution in [0.25, 0.3) is 10.7 Å². The number of carbonyl (C=O) groups excluding carboxylic acids is 2. The van der Waals surface area contributed by atoms with Crippen LogP contribution in [0.2, 0.25) is 0 Å². The Labute approximate surface area is 153 Å². The van der Waals surface area contributed by atoms with E-state index in [2.05, 4.69) is 15.3 Å². The molecule has 0 bridgehead atoms. The van der Waals surface area contributed by atoms with Crippen molar-refractivity contribution in [1.29, 1.82) is 0 Å². The molecule has 2 aromatic heterocycles. The molecule has 0 atom stereocenters. The van der Waals surface area contributed by atoms with Crippen LogP contribution < -0.4 is 11.1 Å². The zero-order valence-corrected chi connectivity index (χ0v) is 14.5. The van der Waals surface area contributed by atoms with Gasteiger partial charge < -0.3 is 15.8 Å². The van der Waals surface area contributed by atoms with Gasteiger partial charge in [-0.05, 0) is 29.8 Å². The Kier molecular flexibility index (Phi) is 5.55. The number of primary amides is 1. The van der Waals surface area contributed by atoms with E-state index in [-0.39, 0.29) is 6.61 Å². The number of nitrogens with two attached hydrogens (primary N) is 1. The highest BCUT2D eigenvalue weighted by Gasteiger charge is 2.10. The summed E-state index contributed by atoms with van der Waals surface area (Å²) < 4.78 is 5.30. The molecule has 3 rings (SSSR count). The third-order valence-electron chi connectivity index (χ3n) is 3.44. The summed E-state index contributed by atoms with van der Waals surface area (Å²) in [5.41, 5.74) is 7.74. The lowest BCUT2D eigenvalue weighted by Gasteiger charge is -2.05. The number of urea groups is 1. The quantitative estimate of drug-likeness (QED) is 0.651. The lowest BCUT2D eigenvalue weighted by Crippen LogP contribution is -2.28. The second-order valence-corrected chi connectivity index (χ2v) is 6.21. The fraction of sp³-hybridized carbons (Fsp3) is 0.111. The maximum atomic E-state index is 12.1. The molecule has 8 heteroatoms. The first-order chi connectivity index (χ1) is 12.6. The van der Waals surface area contributed by atoms with Crippen LogP contribution in [0.5, 0.6) is 0 Å². The Hall–Kier alpha value is -3.26. The van der Waals surface area contributed by atoms with Crippen molar-refractivity contribution in [2.45, 2.75) is 13.2 Å². The van der Waals surface area contributed by atoms with Gasteiger partial charge in [0.2, 0.25) is 0 Å². The van der Waals surface area contributed by atoms with Crippen molar-refractivity contribution in [3.05, 3.63) is 70.9 Å². The molecule has 1 aromatic carbocycles. The van der Waals surface area contributed by atoms with E-state index in [1.807, 2.05) is 23.6 Å². The second kappa shape index (κ2) is 8.21. The van der Waals surface area contributed by atoms with Crippen LogP contribution in [0.15, 0.2) is 54.0 Å². The molecule has 3 N–H and O–H groups in total. The molecular formula is C18H16N4O3S. The summed E-state index contributed by atoms with van der Waals surface area (Å²) in [4.78, 5) is 31.5. The van der Waals surface area contributed by atoms with Crippen molar-refractivity contribution >= 4 is 23.3 Å². The van der Waals surface area contributed by atoms with Crippen LogP contribution in [0.1, 0.15) is 21.6 Å². The number of pyridine rings is 1. The summed E-state index contributed by atoms with van der Waals surface area (Å²) in [5.74, 6) is -0.438. The minimum atomic E-state index is -0.596. The topological polar surface area (TPSA) is 107 Å². The van der Waals surface area contributed by atoms with Crippen molar-refractivity contribution in [2.24, 2.45) is 5.73 Å². The smallest absolute Gasteiger partial charge is 0.338 e. The van der Waals surface area contributed by atoms with E-state index in [9.17, 15) is 9.59 Å². The molecule has 0 saturated heterocycles. The molecule has 2 amide bonds. The molecule has 0 saturated carbocycles. The van der Waals surface area contributed by atoms with Crippen LogP contribution in [0, 0.1) is 0 Å². The molecular weight excluding hydrogens is 352 g/mol. The van der Waals surface area contributed by atoms with E-state index in [1.54, 1.807) is 30.5 Å². The molecule has 26 heavy (non-hydrogen) atoms. The molecule has 0 aliphatic rings. The van der Waals surface area contributed by atoms with Gasteiger partial charge in [-0.15, -0.1) is 11.3 Å². The minimum absolute atomic E-state index is 0.0904. The average molecular weight is 368 g/mol. The van der Waals surface area contributed by atoms with Gasteiger partial charge in [0, 0.05) is 18.1 Å². The van der Waals surface area contributed by atoms with E-state index in [0.29, 0.717) is 17.8 Å². The summed E-state index contributed by atoms with van der Waals surface area (Å²) in [6.45, 7) is 0.396. The van der Waals surface area contributed by atoms with Gasteiger partial charge in [-0.2, -0.15) is 0 Å². The number of hydrogen-bond acceptors (Lipinski definition) is 6. The predicted molar refractivity (Wildman–Crippen MR) is 97.3 cm³/mol. The van der Waals surface area contributed by atoms with E-state index < -0.39 is 12.0 Å². The summed E-state index contributed by atoms with van der Waals surface area (Å²) in [5, 5.41) is 5.11. The van der Waals surface area contributed by atoms with Gasteiger partial charge in [0.15, 0.2) is 0 Å². The van der Waals surface area contributed by atoms with Crippen molar-refractivity contribution < 1.29 is 14.3 Å². The molecule has 7 nitrogen and oxygen atoms in total. The van der Waals surface area contributed by atoms with Crippen LogP contribution in [-0.2, 0) is 17.9 Å². The SMILES string of the molecule is NC(=O)NCc1ccc(C(=O)OCc2csc(-c3ccccn3)n2)cc1. The zero-order chi connectivity index (χ0) is 18.4. The van der Waals surface area contributed by atoms with Gasteiger partial charge in [-0.3, -0.25) is 4.98 Å². The van der Waals surface area contributed by atoms with Crippen molar-refractivity contribution in [3.8, 4) is 10.7 Å². The number of ether oxygens (including phenoxy) is 1. The van der Waals surface area contributed by atoms with Gasteiger partial charge in [-0.1, -0.05) is 18.2 Å². The standard InChI is InChI=1S/C18H16N4O3S/c19-18(24)21-9-12-4-6-13(7-5-12)17(23)25-10-14-11-26-16(22-14)15-3-1-2-8-20-15/h1-8,11H,9-10H2,(H3,19,21,24). The van der Waals surface area contributed by atoms with E-state index >= 15 is 0 Å². The Balaban J connectivity index is 1.55. The first-order valence-corrected chi connectivity index (χ1v) is 8.65. The number of benzene rings is 1.